The Hall–Kier alpha value is -1.36. The Labute approximate surface area is 108 Å². The lowest BCUT2D eigenvalue weighted by atomic mass is 9.96. The summed E-state index contributed by atoms with van der Waals surface area (Å²) < 4.78 is 1.72. The van der Waals surface area contributed by atoms with Crippen LogP contribution in [0.4, 0.5) is 0 Å². The Morgan fingerprint density at radius 1 is 1.50 bits per heavy atom. The minimum atomic E-state index is 0.121. The molecule has 0 atom stereocenters. The topological polar surface area (TPSA) is 64.2 Å². The number of aryl methyl sites for hydroxylation is 2. The second kappa shape index (κ2) is 5.52. The number of nitrogens with two attached hydrogens (primary N) is 1. The van der Waals surface area contributed by atoms with Gasteiger partial charge in [0.05, 0.1) is 11.3 Å². The maximum Gasteiger partial charge on any atom is 0.257 e. The van der Waals surface area contributed by atoms with Crippen molar-refractivity contribution < 1.29 is 4.79 Å². The maximum atomic E-state index is 12.4. The number of carbonyl (C=O) groups is 1. The van der Waals surface area contributed by atoms with Crippen LogP contribution < -0.4 is 5.73 Å². The first-order chi connectivity index (χ1) is 8.65. The van der Waals surface area contributed by atoms with Gasteiger partial charge in [0.1, 0.15) is 0 Å². The third kappa shape index (κ3) is 2.56. The molecule has 0 aliphatic carbocycles. The van der Waals surface area contributed by atoms with Crippen molar-refractivity contribution in [2.75, 3.05) is 19.6 Å². The van der Waals surface area contributed by atoms with Gasteiger partial charge in [0, 0.05) is 26.3 Å². The van der Waals surface area contributed by atoms with Gasteiger partial charge in [-0.15, -0.1) is 0 Å². The Morgan fingerprint density at radius 3 is 2.72 bits per heavy atom. The van der Waals surface area contributed by atoms with Crippen LogP contribution in [0.25, 0.3) is 0 Å². The highest BCUT2D eigenvalue weighted by atomic mass is 16.2. The molecule has 100 valence electrons. The summed E-state index contributed by atoms with van der Waals surface area (Å²) in [6, 6.07) is 0. The van der Waals surface area contributed by atoms with Gasteiger partial charge in [0.2, 0.25) is 0 Å². The average molecular weight is 250 g/mol. The molecule has 0 radical (unpaired) electrons. The molecule has 1 saturated heterocycles. The van der Waals surface area contributed by atoms with Gasteiger partial charge in [0.25, 0.3) is 5.91 Å². The zero-order chi connectivity index (χ0) is 13.1. The maximum absolute atomic E-state index is 12.4. The first-order valence-electron chi connectivity index (χ1n) is 6.67. The molecule has 1 amide bonds. The number of carbonyl (C=O) groups excluding carboxylic acids is 1. The van der Waals surface area contributed by atoms with Crippen molar-refractivity contribution in [3.05, 3.63) is 17.5 Å². The van der Waals surface area contributed by atoms with E-state index in [-0.39, 0.29) is 5.91 Å². The van der Waals surface area contributed by atoms with Crippen molar-refractivity contribution in [3.8, 4) is 0 Å². The summed E-state index contributed by atoms with van der Waals surface area (Å²) in [5.74, 6) is 0.698. The zero-order valence-corrected chi connectivity index (χ0v) is 11.2. The molecule has 1 aromatic rings. The predicted molar refractivity (Wildman–Crippen MR) is 70.3 cm³/mol. The molecule has 1 aromatic heterocycles. The first kappa shape index (κ1) is 13.1. The molecule has 0 spiro atoms. The quantitative estimate of drug-likeness (QED) is 0.862. The van der Waals surface area contributed by atoms with E-state index in [0.717, 1.165) is 50.2 Å². The molecule has 18 heavy (non-hydrogen) atoms. The SMILES string of the molecule is CCc1nn(C)cc1C(=O)N1CCC(CN)CC1. The van der Waals surface area contributed by atoms with E-state index in [1.165, 1.54) is 0 Å². The van der Waals surface area contributed by atoms with Crippen LogP contribution in [0.2, 0.25) is 0 Å². The molecule has 1 aliphatic heterocycles. The number of hydrogen-bond donors (Lipinski definition) is 1. The van der Waals surface area contributed by atoms with E-state index in [2.05, 4.69) is 5.10 Å². The second-order valence-electron chi connectivity index (χ2n) is 4.99. The molecular weight excluding hydrogens is 228 g/mol. The normalized spacial score (nSPS) is 17.2. The molecule has 1 fully saturated rings. The third-order valence-corrected chi connectivity index (χ3v) is 3.71. The molecular formula is C13H22N4O. The van der Waals surface area contributed by atoms with Gasteiger partial charge in [-0.3, -0.25) is 9.48 Å². The van der Waals surface area contributed by atoms with Gasteiger partial charge in [-0.2, -0.15) is 5.10 Å². The molecule has 0 saturated carbocycles. The number of hydrogen-bond acceptors (Lipinski definition) is 3. The Bertz CT molecular complexity index is 419. The summed E-state index contributed by atoms with van der Waals surface area (Å²) in [7, 11) is 1.86. The number of piperidine rings is 1. The van der Waals surface area contributed by atoms with Gasteiger partial charge >= 0.3 is 0 Å². The highest BCUT2D eigenvalue weighted by Gasteiger charge is 2.25. The minimum absolute atomic E-state index is 0.121. The fraction of sp³-hybridized carbons (Fsp3) is 0.692. The highest BCUT2D eigenvalue weighted by molar-refractivity contribution is 5.95. The van der Waals surface area contributed by atoms with E-state index < -0.39 is 0 Å². The summed E-state index contributed by atoms with van der Waals surface area (Å²) in [6.07, 6.45) is 4.66. The van der Waals surface area contributed by atoms with Gasteiger partial charge in [-0.1, -0.05) is 6.92 Å². The van der Waals surface area contributed by atoms with Crippen LogP contribution in [-0.4, -0.2) is 40.2 Å². The van der Waals surface area contributed by atoms with E-state index >= 15 is 0 Å². The molecule has 2 heterocycles. The molecule has 5 nitrogen and oxygen atoms in total. The van der Waals surface area contributed by atoms with Crippen LogP contribution >= 0.6 is 0 Å². The number of rotatable bonds is 3. The summed E-state index contributed by atoms with van der Waals surface area (Å²) in [5, 5.41) is 4.33. The van der Waals surface area contributed by atoms with Crippen molar-refractivity contribution in [1.82, 2.24) is 14.7 Å². The average Bonchev–Trinajstić information content (AvgIpc) is 2.79. The van der Waals surface area contributed by atoms with Crippen molar-refractivity contribution in [1.29, 1.82) is 0 Å². The molecule has 1 aliphatic rings. The Kier molecular flexibility index (Phi) is 4.01. The van der Waals surface area contributed by atoms with Crippen LogP contribution in [0.5, 0.6) is 0 Å². The lowest BCUT2D eigenvalue weighted by Gasteiger charge is -2.31. The van der Waals surface area contributed by atoms with Crippen molar-refractivity contribution in [2.24, 2.45) is 18.7 Å². The van der Waals surface area contributed by atoms with Crippen LogP contribution in [-0.2, 0) is 13.5 Å². The van der Waals surface area contributed by atoms with E-state index in [4.69, 9.17) is 5.73 Å². The zero-order valence-electron chi connectivity index (χ0n) is 11.2. The van der Waals surface area contributed by atoms with Crippen LogP contribution in [0.1, 0.15) is 35.8 Å². The molecule has 0 aromatic carbocycles. The lowest BCUT2D eigenvalue weighted by molar-refractivity contribution is 0.0692. The van der Waals surface area contributed by atoms with E-state index in [1.54, 1.807) is 4.68 Å². The fourth-order valence-corrected chi connectivity index (χ4v) is 2.52. The summed E-state index contributed by atoms with van der Waals surface area (Å²) >= 11 is 0. The fourth-order valence-electron chi connectivity index (χ4n) is 2.52. The smallest absolute Gasteiger partial charge is 0.257 e. The van der Waals surface area contributed by atoms with Crippen LogP contribution in [0.3, 0.4) is 0 Å². The van der Waals surface area contributed by atoms with Crippen molar-refractivity contribution in [3.63, 3.8) is 0 Å². The van der Waals surface area contributed by atoms with E-state index in [9.17, 15) is 4.79 Å². The van der Waals surface area contributed by atoms with Crippen molar-refractivity contribution >= 4 is 5.91 Å². The summed E-state index contributed by atoms with van der Waals surface area (Å²) in [4.78, 5) is 14.4. The molecule has 0 bridgehead atoms. The van der Waals surface area contributed by atoms with Gasteiger partial charge in [-0.05, 0) is 31.7 Å². The second-order valence-corrected chi connectivity index (χ2v) is 4.99. The van der Waals surface area contributed by atoms with Gasteiger partial charge in [0.15, 0.2) is 0 Å². The minimum Gasteiger partial charge on any atom is -0.339 e. The molecule has 0 unspecified atom stereocenters. The largest absolute Gasteiger partial charge is 0.339 e. The number of aromatic nitrogens is 2. The van der Waals surface area contributed by atoms with E-state index in [0.29, 0.717) is 5.92 Å². The van der Waals surface area contributed by atoms with Crippen LogP contribution in [0, 0.1) is 5.92 Å². The van der Waals surface area contributed by atoms with Crippen LogP contribution in [0.15, 0.2) is 6.20 Å². The Morgan fingerprint density at radius 2 is 2.17 bits per heavy atom. The predicted octanol–water partition coefficient (Wildman–Crippen LogP) is 0.793. The third-order valence-electron chi connectivity index (χ3n) is 3.71. The van der Waals surface area contributed by atoms with Gasteiger partial charge in [-0.25, -0.2) is 0 Å². The first-order valence-corrected chi connectivity index (χ1v) is 6.67. The molecule has 2 N–H and O–H groups in total. The number of amides is 1. The van der Waals surface area contributed by atoms with Crippen molar-refractivity contribution in [2.45, 2.75) is 26.2 Å². The standard InChI is InChI=1S/C13H22N4O/c1-3-12-11(9-16(2)15-12)13(18)17-6-4-10(8-14)5-7-17/h9-10H,3-8,14H2,1-2H3. The number of nitrogens with zero attached hydrogens (tertiary/aromatic N) is 3. The molecule has 2 rings (SSSR count). The van der Waals surface area contributed by atoms with E-state index in [1.807, 2.05) is 25.1 Å². The monoisotopic (exact) mass is 250 g/mol. The highest BCUT2D eigenvalue weighted by Crippen LogP contribution is 2.19. The lowest BCUT2D eigenvalue weighted by Crippen LogP contribution is -2.40. The van der Waals surface area contributed by atoms with Gasteiger partial charge < -0.3 is 10.6 Å². The molecule has 5 heteroatoms. The summed E-state index contributed by atoms with van der Waals surface area (Å²) in [5.41, 5.74) is 7.32. The number of likely N-dealkylation sites (tertiary alicyclic amines) is 1. The Balaban J connectivity index is 2.07. The summed E-state index contributed by atoms with van der Waals surface area (Å²) in [6.45, 7) is 4.40.